The highest BCUT2D eigenvalue weighted by Crippen LogP contribution is 2.22. The Balaban J connectivity index is 2.77. The SMILES string of the molecule is CCC(N)c1csc(C(C)C)n1. The Morgan fingerprint density at radius 1 is 1.58 bits per heavy atom. The van der Waals surface area contributed by atoms with Gasteiger partial charge >= 0.3 is 0 Å². The summed E-state index contributed by atoms with van der Waals surface area (Å²) in [6, 6.07) is 0.119. The highest BCUT2D eigenvalue weighted by Gasteiger charge is 2.09. The zero-order valence-corrected chi connectivity index (χ0v) is 8.69. The van der Waals surface area contributed by atoms with Gasteiger partial charge in [-0.2, -0.15) is 0 Å². The zero-order chi connectivity index (χ0) is 9.14. The molecule has 1 heterocycles. The fraction of sp³-hybridized carbons (Fsp3) is 0.667. The van der Waals surface area contributed by atoms with Crippen LogP contribution in [0.5, 0.6) is 0 Å². The van der Waals surface area contributed by atoms with E-state index in [-0.39, 0.29) is 6.04 Å². The molecule has 1 unspecified atom stereocenters. The van der Waals surface area contributed by atoms with Crippen molar-refractivity contribution in [3.05, 3.63) is 16.1 Å². The summed E-state index contributed by atoms with van der Waals surface area (Å²) in [7, 11) is 0. The molecular weight excluding hydrogens is 168 g/mol. The van der Waals surface area contributed by atoms with Crippen LogP contribution in [-0.2, 0) is 0 Å². The third kappa shape index (κ3) is 2.05. The standard InChI is InChI=1S/C9H16N2S/c1-4-7(10)8-5-12-9(11-8)6(2)3/h5-7H,4,10H2,1-3H3. The third-order valence-electron chi connectivity index (χ3n) is 1.85. The van der Waals surface area contributed by atoms with E-state index in [0.29, 0.717) is 5.92 Å². The molecule has 1 rings (SSSR count). The summed E-state index contributed by atoms with van der Waals surface area (Å²) in [6.07, 6.45) is 0.960. The molecule has 1 aromatic heterocycles. The topological polar surface area (TPSA) is 38.9 Å². The lowest BCUT2D eigenvalue weighted by atomic mass is 10.2. The minimum atomic E-state index is 0.119. The fourth-order valence-corrected chi connectivity index (χ4v) is 1.84. The summed E-state index contributed by atoms with van der Waals surface area (Å²) in [5.74, 6) is 0.521. The smallest absolute Gasteiger partial charge is 0.0954 e. The molecule has 0 amide bonds. The highest BCUT2D eigenvalue weighted by molar-refractivity contribution is 7.09. The van der Waals surface area contributed by atoms with Gasteiger partial charge in [-0.1, -0.05) is 20.8 Å². The van der Waals surface area contributed by atoms with E-state index in [1.165, 1.54) is 5.01 Å². The molecule has 12 heavy (non-hydrogen) atoms. The van der Waals surface area contributed by atoms with Crippen LogP contribution in [0.4, 0.5) is 0 Å². The van der Waals surface area contributed by atoms with Crippen LogP contribution in [0.3, 0.4) is 0 Å². The van der Waals surface area contributed by atoms with E-state index in [1.54, 1.807) is 11.3 Å². The zero-order valence-electron chi connectivity index (χ0n) is 7.87. The van der Waals surface area contributed by atoms with Crippen molar-refractivity contribution in [2.75, 3.05) is 0 Å². The Labute approximate surface area is 77.8 Å². The average molecular weight is 184 g/mol. The van der Waals surface area contributed by atoms with Crippen molar-refractivity contribution in [1.29, 1.82) is 0 Å². The van der Waals surface area contributed by atoms with Gasteiger partial charge in [0.05, 0.1) is 10.7 Å². The summed E-state index contributed by atoms with van der Waals surface area (Å²) in [6.45, 7) is 6.39. The van der Waals surface area contributed by atoms with Gasteiger partial charge < -0.3 is 5.73 Å². The Hall–Kier alpha value is -0.410. The second kappa shape index (κ2) is 4.01. The molecule has 0 aliphatic carbocycles. The van der Waals surface area contributed by atoms with Gasteiger partial charge in [-0.05, 0) is 6.42 Å². The molecule has 68 valence electrons. The Bertz CT molecular complexity index is 242. The Morgan fingerprint density at radius 2 is 2.25 bits per heavy atom. The second-order valence-electron chi connectivity index (χ2n) is 3.28. The molecule has 0 bridgehead atoms. The number of nitrogens with zero attached hydrogens (tertiary/aromatic N) is 1. The van der Waals surface area contributed by atoms with Gasteiger partial charge in [0, 0.05) is 17.3 Å². The van der Waals surface area contributed by atoms with Crippen LogP contribution in [0, 0.1) is 0 Å². The Morgan fingerprint density at radius 3 is 2.67 bits per heavy atom. The largest absolute Gasteiger partial charge is 0.323 e. The number of rotatable bonds is 3. The van der Waals surface area contributed by atoms with Crippen molar-refractivity contribution in [2.45, 2.75) is 39.2 Å². The number of nitrogens with two attached hydrogens (primary N) is 1. The first kappa shape index (κ1) is 9.68. The molecule has 0 fully saturated rings. The molecular formula is C9H16N2S. The van der Waals surface area contributed by atoms with Crippen LogP contribution in [0.15, 0.2) is 5.38 Å². The van der Waals surface area contributed by atoms with Crippen molar-refractivity contribution >= 4 is 11.3 Å². The summed E-state index contributed by atoms with van der Waals surface area (Å²) >= 11 is 1.71. The van der Waals surface area contributed by atoms with E-state index >= 15 is 0 Å². The molecule has 0 saturated heterocycles. The maximum absolute atomic E-state index is 5.85. The van der Waals surface area contributed by atoms with E-state index in [0.717, 1.165) is 12.1 Å². The quantitative estimate of drug-likeness (QED) is 0.784. The molecule has 0 saturated carbocycles. The van der Waals surface area contributed by atoms with Crippen molar-refractivity contribution in [3.8, 4) is 0 Å². The van der Waals surface area contributed by atoms with Crippen LogP contribution in [-0.4, -0.2) is 4.98 Å². The fourth-order valence-electron chi connectivity index (χ4n) is 0.945. The third-order valence-corrected chi connectivity index (χ3v) is 3.02. The molecule has 0 spiro atoms. The molecule has 0 aliphatic heterocycles. The van der Waals surface area contributed by atoms with Gasteiger partial charge in [-0.15, -0.1) is 11.3 Å². The monoisotopic (exact) mass is 184 g/mol. The second-order valence-corrected chi connectivity index (χ2v) is 4.17. The van der Waals surface area contributed by atoms with E-state index < -0.39 is 0 Å². The Kier molecular flexibility index (Phi) is 3.23. The molecule has 0 radical (unpaired) electrons. The first-order chi connectivity index (χ1) is 5.65. The minimum Gasteiger partial charge on any atom is -0.323 e. The van der Waals surface area contributed by atoms with Gasteiger partial charge in [-0.25, -0.2) is 4.98 Å². The number of hydrogen-bond acceptors (Lipinski definition) is 3. The molecule has 0 aromatic carbocycles. The van der Waals surface area contributed by atoms with Crippen LogP contribution in [0.2, 0.25) is 0 Å². The van der Waals surface area contributed by atoms with Crippen LogP contribution < -0.4 is 5.73 Å². The van der Waals surface area contributed by atoms with Crippen LogP contribution >= 0.6 is 11.3 Å². The van der Waals surface area contributed by atoms with E-state index in [9.17, 15) is 0 Å². The van der Waals surface area contributed by atoms with Gasteiger partial charge in [0.1, 0.15) is 0 Å². The number of hydrogen-bond donors (Lipinski definition) is 1. The maximum Gasteiger partial charge on any atom is 0.0954 e. The van der Waals surface area contributed by atoms with Gasteiger partial charge in [0.15, 0.2) is 0 Å². The summed E-state index contributed by atoms with van der Waals surface area (Å²) in [4.78, 5) is 4.47. The molecule has 2 N–H and O–H groups in total. The molecule has 1 atom stereocenters. The molecule has 2 nitrogen and oxygen atoms in total. The summed E-state index contributed by atoms with van der Waals surface area (Å²) in [5.41, 5.74) is 6.90. The van der Waals surface area contributed by atoms with E-state index in [4.69, 9.17) is 5.73 Å². The normalized spacial score (nSPS) is 13.8. The van der Waals surface area contributed by atoms with Crippen molar-refractivity contribution in [2.24, 2.45) is 5.73 Å². The number of aromatic nitrogens is 1. The predicted octanol–water partition coefficient (Wildman–Crippen LogP) is 2.68. The number of thiazole rings is 1. The summed E-state index contributed by atoms with van der Waals surface area (Å²) in [5, 5.41) is 3.26. The molecule has 1 aromatic rings. The maximum atomic E-state index is 5.85. The molecule has 0 aliphatic rings. The van der Waals surface area contributed by atoms with Crippen molar-refractivity contribution < 1.29 is 0 Å². The minimum absolute atomic E-state index is 0.119. The average Bonchev–Trinajstić information content (AvgIpc) is 2.51. The van der Waals surface area contributed by atoms with Gasteiger partial charge in [0.2, 0.25) is 0 Å². The van der Waals surface area contributed by atoms with E-state index in [2.05, 4.69) is 31.1 Å². The first-order valence-corrected chi connectivity index (χ1v) is 5.24. The lowest BCUT2D eigenvalue weighted by Gasteiger charge is -2.03. The van der Waals surface area contributed by atoms with Crippen molar-refractivity contribution in [3.63, 3.8) is 0 Å². The lowest BCUT2D eigenvalue weighted by molar-refractivity contribution is 0.673. The first-order valence-electron chi connectivity index (χ1n) is 4.36. The van der Waals surface area contributed by atoms with Gasteiger partial charge in [0.25, 0.3) is 0 Å². The van der Waals surface area contributed by atoms with Crippen LogP contribution in [0.1, 0.15) is 49.9 Å². The molecule has 3 heteroatoms. The lowest BCUT2D eigenvalue weighted by Crippen LogP contribution is -2.09. The highest BCUT2D eigenvalue weighted by atomic mass is 32.1. The van der Waals surface area contributed by atoms with E-state index in [1.807, 2.05) is 0 Å². The summed E-state index contributed by atoms with van der Waals surface area (Å²) < 4.78 is 0. The van der Waals surface area contributed by atoms with Gasteiger partial charge in [-0.3, -0.25) is 0 Å². The predicted molar refractivity (Wildman–Crippen MR) is 53.4 cm³/mol. The van der Waals surface area contributed by atoms with Crippen LogP contribution in [0.25, 0.3) is 0 Å². The van der Waals surface area contributed by atoms with Crippen molar-refractivity contribution in [1.82, 2.24) is 4.98 Å².